The van der Waals surface area contributed by atoms with Gasteiger partial charge in [-0.05, 0) is 85.0 Å². The molecule has 1 aliphatic rings. The SMILES string of the molecule is N#Cc1ccc(CCC(=O)N2CCCc3cc(NS(=O)(=O)c4ccc(Br)cc4)ccc32)cc1. The Morgan fingerprint density at radius 1 is 1.06 bits per heavy atom. The second kappa shape index (κ2) is 9.77. The van der Waals surface area contributed by atoms with E-state index in [9.17, 15) is 13.2 Å². The number of aryl methyl sites for hydroxylation is 2. The normalized spacial score (nSPS) is 13.2. The Morgan fingerprint density at radius 2 is 1.79 bits per heavy atom. The second-order valence-electron chi connectivity index (χ2n) is 7.86. The molecule has 1 aliphatic heterocycles. The first-order valence-electron chi connectivity index (χ1n) is 10.6. The van der Waals surface area contributed by atoms with Gasteiger partial charge in [0.1, 0.15) is 0 Å². The zero-order valence-corrected chi connectivity index (χ0v) is 20.2. The van der Waals surface area contributed by atoms with E-state index in [0.29, 0.717) is 30.6 Å². The van der Waals surface area contributed by atoms with Gasteiger partial charge in [-0.15, -0.1) is 0 Å². The Balaban J connectivity index is 1.46. The number of anilines is 2. The van der Waals surface area contributed by atoms with Crippen LogP contribution in [0.15, 0.2) is 76.1 Å². The number of carbonyl (C=O) groups is 1. The molecule has 3 aromatic carbocycles. The Labute approximate surface area is 202 Å². The van der Waals surface area contributed by atoms with Crippen LogP contribution in [0.3, 0.4) is 0 Å². The van der Waals surface area contributed by atoms with E-state index in [-0.39, 0.29) is 10.8 Å². The topological polar surface area (TPSA) is 90.3 Å². The molecule has 0 bridgehead atoms. The first-order chi connectivity index (χ1) is 15.9. The monoisotopic (exact) mass is 523 g/mol. The fourth-order valence-electron chi connectivity index (χ4n) is 3.88. The summed E-state index contributed by atoms with van der Waals surface area (Å²) >= 11 is 3.31. The number of nitrogens with one attached hydrogen (secondary N) is 1. The number of amides is 1. The van der Waals surface area contributed by atoms with Crippen molar-refractivity contribution in [2.75, 3.05) is 16.2 Å². The summed E-state index contributed by atoms with van der Waals surface area (Å²) in [7, 11) is -3.70. The molecule has 0 saturated carbocycles. The van der Waals surface area contributed by atoms with Crippen molar-refractivity contribution in [3.63, 3.8) is 0 Å². The highest BCUT2D eigenvalue weighted by molar-refractivity contribution is 9.10. The minimum absolute atomic E-state index is 0.0310. The van der Waals surface area contributed by atoms with Crippen LogP contribution in [0.1, 0.15) is 29.5 Å². The third-order valence-electron chi connectivity index (χ3n) is 5.59. The summed E-state index contributed by atoms with van der Waals surface area (Å²) in [6.45, 7) is 0.642. The van der Waals surface area contributed by atoms with Crippen LogP contribution in [-0.2, 0) is 27.7 Å². The first kappa shape index (κ1) is 23.0. The number of rotatable bonds is 6. The molecular weight excluding hydrogens is 502 g/mol. The molecule has 1 heterocycles. The van der Waals surface area contributed by atoms with Crippen LogP contribution in [0.5, 0.6) is 0 Å². The Kier molecular flexibility index (Phi) is 6.82. The number of hydrogen-bond donors (Lipinski definition) is 1. The van der Waals surface area contributed by atoms with Gasteiger partial charge < -0.3 is 4.90 Å². The third kappa shape index (κ3) is 5.44. The van der Waals surface area contributed by atoms with Crippen LogP contribution in [0.2, 0.25) is 0 Å². The number of halogens is 1. The van der Waals surface area contributed by atoms with Gasteiger partial charge >= 0.3 is 0 Å². The molecule has 4 rings (SSSR count). The van der Waals surface area contributed by atoms with Crippen molar-refractivity contribution in [3.8, 4) is 6.07 Å². The fraction of sp³-hybridized carbons (Fsp3) is 0.200. The zero-order valence-electron chi connectivity index (χ0n) is 17.8. The predicted octanol–water partition coefficient (Wildman–Crippen LogP) is 5.03. The smallest absolute Gasteiger partial charge is 0.261 e. The van der Waals surface area contributed by atoms with E-state index in [0.717, 1.165) is 34.1 Å². The van der Waals surface area contributed by atoms with Crippen molar-refractivity contribution in [2.45, 2.75) is 30.6 Å². The van der Waals surface area contributed by atoms with E-state index in [1.807, 2.05) is 24.3 Å². The van der Waals surface area contributed by atoms with E-state index in [1.165, 1.54) is 0 Å². The van der Waals surface area contributed by atoms with Gasteiger partial charge in [-0.2, -0.15) is 5.26 Å². The van der Waals surface area contributed by atoms with Gasteiger partial charge in [-0.25, -0.2) is 8.42 Å². The highest BCUT2D eigenvalue weighted by atomic mass is 79.9. The number of fused-ring (bicyclic) bond motifs is 1. The summed E-state index contributed by atoms with van der Waals surface area (Å²) < 4.78 is 28.8. The standard InChI is InChI=1S/C25H22BrN3O3S/c26-21-8-11-23(12-9-21)33(31,32)28-22-10-13-24-20(16-22)2-1-15-29(24)25(30)14-7-18-3-5-19(17-27)6-4-18/h3-6,8-13,16,28H,1-2,7,14-15H2. The maximum absolute atomic E-state index is 12.9. The van der Waals surface area contributed by atoms with Gasteiger partial charge in [0.2, 0.25) is 5.91 Å². The third-order valence-corrected chi connectivity index (χ3v) is 7.51. The molecule has 0 fully saturated rings. The van der Waals surface area contributed by atoms with E-state index in [4.69, 9.17) is 5.26 Å². The predicted molar refractivity (Wildman–Crippen MR) is 132 cm³/mol. The highest BCUT2D eigenvalue weighted by Crippen LogP contribution is 2.31. The Morgan fingerprint density at radius 3 is 2.48 bits per heavy atom. The lowest BCUT2D eigenvalue weighted by Crippen LogP contribution is -2.35. The summed E-state index contributed by atoms with van der Waals surface area (Å²) in [4.78, 5) is 14.9. The van der Waals surface area contributed by atoms with Crippen LogP contribution in [0.25, 0.3) is 0 Å². The first-order valence-corrected chi connectivity index (χ1v) is 12.8. The van der Waals surface area contributed by atoms with Crippen molar-refractivity contribution in [2.24, 2.45) is 0 Å². The highest BCUT2D eigenvalue weighted by Gasteiger charge is 2.23. The Hall–Kier alpha value is -3.15. The average Bonchev–Trinajstić information content (AvgIpc) is 2.82. The molecule has 168 valence electrons. The number of nitrogens with zero attached hydrogens (tertiary/aromatic N) is 2. The van der Waals surface area contributed by atoms with Gasteiger partial charge in [0.25, 0.3) is 10.0 Å². The Bertz CT molecular complexity index is 1310. The van der Waals surface area contributed by atoms with Crippen molar-refractivity contribution < 1.29 is 13.2 Å². The molecule has 1 amide bonds. The van der Waals surface area contributed by atoms with E-state index < -0.39 is 10.0 Å². The molecule has 0 aliphatic carbocycles. The zero-order chi connectivity index (χ0) is 23.4. The largest absolute Gasteiger partial charge is 0.312 e. The average molecular weight is 524 g/mol. The molecule has 1 N–H and O–H groups in total. The minimum Gasteiger partial charge on any atom is -0.312 e. The van der Waals surface area contributed by atoms with Crippen molar-refractivity contribution in [1.82, 2.24) is 0 Å². The number of benzene rings is 3. The molecule has 0 aromatic heterocycles. The van der Waals surface area contributed by atoms with E-state index in [1.54, 1.807) is 47.4 Å². The number of carbonyl (C=O) groups excluding carboxylic acids is 1. The summed E-state index contributed by atoms with van der Waals surface area (Å²) in [5.74, 6) is 0.0310. The molecule has 33 heavy (non-hydrogen) atoms. The fourth-order valence-corrected chi connectivity index (χ4v) is 5.19. The van der Waals surface area contributed by atoms with Crippen molar-refractivity contribution in [1.29, 1.82) is 5.26 Å². The number of hydrogen-bond acceptors (Lipinski definition) is 4. The van der Waals surface area contributed by atoms with Crippen LogP contribution >= 0.6 is 15.9 Å². The van der Waals surface area contributed by atoms with Gasteiger partial charge in [0.05, 0.1) is 16.5 Å². The quantitative estimate of drug-likeness (QED) is 0.490. The van der Waals surface area contributed by atoms with Gasteiger partial charge in [0, 0.05) is 28.8 Å². The molecule has 0 saturated heterocycles. The van der Waals surface area contributed by atoms with Crippen molar-refractivity contribution in [3.05, 3.63) is 87.9 Å². The summed E-state index contributed by atoms with van der Waals surface area (Å²) in [6.07, 6.45) is 2.56. The van der Waals surface area contributed by atoms with Crippen LogP contribution in [0, 0.1) is 11.3 Å². The maximum Gasteiger partial charge on any atom is 0.261 e. The van der Waals surface area contributed by atoms with Gasteiger partial charge in [-0.3, -0.25) is 9.52 Å². The molecule has 0 unspecified atom stereocenters. The molecule has 0 spiro atoms. The van der Waals surface area contributed by atoms with E-state index in [2.05, 4.69) is 26.7 Å². The second-order valence-corrected chi connectivity index (χ2v) is 10.5. The molecular formula is C25H22BrN3O3S. The molecule has 0 atom stereocenters. The van der Waals surface area contributed by atoms with Crippen LogP contribution in [0.4, 0.5) is 11.4 Å². The minimum atomic E-state index is -3.70. The van der Waals surface area contributed by atoms with Gasteiger partial charge in [0.15, 0.2) is 0 Å². The lowest BCUT2D eigenvalue weighted by molar-refractivity contribution is -0.118. The molecule has 6 nitrogen and oxygen atoms in total. The van der Waals surface area contributed by atoms with Gasteiger partial charge in [-0.1, -0.05) is 28.1 Å². The van der Waals surface area contributed by atoms with E-state index >= 15 is 0 Å². The molecule has 3 aromatic rings. The van der Waals surface area contributed by atoms with Crippen molar-refractivity contribution >= 4 is 43.2 Å². The lowest BCUT2D eigenvalue weighted by atomic mass is 10.00. The summed E-state index contributed by atoms with van der Waals surface area (Å²) in [5.41, 5.74) is 3.86. The van der Waals surface area contributed by atoms with Crippen LogP contribution < -0.4 is 9.62 Å². The summed E-state index contributed by atoms with van der Waals surface area (Å²) in [5, 5.41) is 8.91. The molecule has 8 heteroatoms. The number of nitriles is 1. The number of sulfonamides is 1. The summed E-state index contributed by atoms with van der Waals surface area (Å²) in [6, 6.07) is 21.1. The van der Waals surface area contributed by atoms with Crippen LogP contribution in [-0.4, -0.2) is 20.9 Å². The lowest BCUT2D eigenvalue weighted by Gasteiger charge is -2.30. The maximum atomic E-state index is 12.9. The molecule has 0 radical (unpaired) electrons.